The zero-order valence-electron chi connectivity index (χ0n) is 11.2. The van der Waals surface area contributed by atoms with Crippen molar-refractivity contribution in [2.75, 3.05) is 6.54 Å². The summed E-state index contributed by atoms with van der Waals surface area (Å²) in [6.45, 7) is 0.714. The Kier molecular flexibility index (Phi) is 3.92. The van der Waals surface area contributed by atoms with E-state index in [1.54, 1.807) is 24.5 Å². The third-order valence-electron chi connectivity index (χ3n) is 3.33. The molecule has 0 unspecified atom stereocenters. The number of furan rings is 1. The van der Waals surface area contributed by atoms with Crippen molar-refractivity contribution in [3.8, 4) is 0 Å². The van der Waals surface area contributed by atoms with Crippen LogP contribution < -0.4 is 10.9 Å². The fourth-order valence-corrected chi connectivity index (χ4v) is 2.33. The summed E-state index contributed by atoms with van der Waals surface area (Å²) in [6.07, 6.45) is 3.78. The van der Waals surface area contributed by atoms with Gasteiger partial charge >= 0.3 is 0 Å². The molecule has 1 aliphatic carbocycles. The Morgan fingerprint density at radius 2 is 2.29 bits per heavy atom. The lowest BCUT2D eigenvalue weighted by Crippen LogP contribution is -2.30. The first-order valence-electron chi connectivity index (χ1n) is 6.73. The first-order valence-corrected chi connectivity index (χ1v) is 7.53. The maximum atomic E-state index is 11.9. The van der Waals surface area contributed by atoms with Gasteiger partial charge in [-0.15, -0.1) is 0 Å². The highest BCUT2D eigenvalue weighted by atomic mass is 79.9. The Hall–Kier alpha value is -1.89. The number of nitrogens with one attached hydrogen (secondary N) is 1. The molecule has 0 aromatic carbocycles. The van der Waals surface area contributed by atoms with Crippen molar-refractivity contribution in [3.63, 3.8) is 0 Å². The number of hydrogen-bond acceptors (Lipinski definition) is 4. The molecule has 21 heavy (non-hydrogen) atoms. The van der Waals surface area contributed by atoms with Crippen LogP contribution in [0.2, 0.25) is 0 Å². The van der Waals surface area contributed by atoms with Crippen molar-refractivity contribution in [1.29, 1.82) is 0 Å². The second kappa shape index (κ2) is 5.85. The smallest absolute Gasteiger partial charge is 0.287 e. The first kappa shape index (κ1) is 14.1. The zero-order chi connectivity index (χ0) is 14.8. The quantitative estimate of drug-likeness (QED) is 0.892. The molecule has 3 rings (SSSR count). The lowest BCUT2D eigenvalue weighted by atomic mass is 10.3. The Bertz CT molecular complexity index is 718. The van der Waals surface area contributed by atoms with Crippen LogP contribution in [0.15, 0.2) is 38.4 Å². The molecular weight excluding hydrogens is 338 g/mol. The molecule has 2 aromatic heterocycles. The van der Waals surface area contributed by atoms with Crippen LogP contribution in [0.3, 0.4) is 0 Å². The SMILES string of the molecule is O=C(NCCn1cnc(C2CC2)cc1=O)c1ccc(Br)o1. The molecule has 1 aliphatic rings. The van der Waals surface area contributed by atoms with Crippen molar-refractivity contribution < 1.29 is 9.21 Å². The minimum atomic E-state index is -0.309. The fraction of sp³-hybridized carbons (Fsp3) is 0.357. The maximum absolute atomic E-state index is 11.9. The number of aromatic nitrogens is 2. The van der Waals surface area contributed by atoms with Crippen molar-refractivity contribution in [1.82, 2.24) is 14.9 Å². The van der Waals surface area contributed by atoms with Crippen molar-refractivity contribution >= 4 is 21.8 Å². The average Bonchev–Trinajstić information content (AvgIpc) is 3.22. The predicted molar refractivity (Wildman–Crippen MR) is 79.2 cm³/mol. The molecule has 7 heteroatoms. The Morgan fingerprint density at radius 3 is 2.90 bits per heavy atom. The number of amides is 1. The molecule has 0 saturated heterocycles. The lowest BCUT2D eigenvalue weighted by molar-refractivity contribution is 0.0923. The second-order valence-corrected chi connectivity index (χ2v) is 5.76. The lowest BCUT2D eigenvalue weighted by Gasteiger charge is -2.07. The summed E-state index contributed by atoms with van der Waals surface area (Å²) in [6, 6.07) is 4.82. The molecule has 2 heterocycles. The van der Waals surface area contributed by atoms with Crippen LogP contribution in [0.1, 0.15) is 35.0 Å². The zero-order valence-corrected chi connectivity index (χ0v) is 12.8. The molecule has 1 saturated carbocycles. The van der Waals surface area contributed by atoms with E-state index in [0.717, 1.165) is 18.5 Å². The number of hydrogen-bond donors (Lipinski definition) is 1. The van der Waals surface area contributed by atoms with Crippen LogP contribution in [0.4, 0.5) is 0 Å². The van der Waals surface area contributed by atoms with E-state index in [9.17, 15) is 9.59 Å². The van der Waals surface area contributed by atoms with Crippen LogP contribution in [0.25, 0.3) is 0 Å². The number of carbonyl (C=O) groups excluding carboxylic acids is 1. The summed E-state index contributed by atoms with van der Waals surface area (Å²) in [4.78, 5) is 27.9. The normalized spacial score (nSPS) is 14.1. The standard InChI is InChI=1S/C14H14BrN3O3/c15-12-4-3-11(21-12)14(20)16-5-6-18-8-17-10(7-13(18)19)9-1-2-9/h3-4,7-9H,1-2,5-6H2,(H,16,20). The molecular formula is C14H14BrN3O3. The van der Waals surface area contributed by atoms with Gasteiger partial charge in [0.1, 0.15) is 0 Å². The van der Waals surface area contributed by atoms with Crippen molar-refractivity contribution in [2.45, 2.75) is 25.3 Å². The molecule has 2 aromatic rings. The molecule has 1 amide bonds. The minimum absolute atomic E-state index is 0.0816. The average molecular weight is 352 g/mol. The second-order valence-electron chi connectivity index (χ2n) is 4.98. The fourth-order valence-electron chi connectivity index (χ4n) is 2.02. The van der Waals surface area contributed by atoms with Gasteiger partial charge in [-0.25, -0.2) is 4.98 Å². The molecule has 110 valence electrons. The van der Waals surface area contributed by atoms with Gasteiger partial charge in [-0.2, -0.15) is 0 Å². The number of carbonyl (C=O) groups is 1. The van der Waals surface area contributed by atoms with Gasteiger partial charge < -0.3 is 9.73 Å². The molecule has 1 fully saturated rings. The van der Waals surface area contributed by atoms with Crippen molar-refractivity contribution in [2.24, 2.45) is 0 Å². The van der Waals surface area contributed by atoms with Gasteiger partial charge in [0.15, 0.2) is 10.4 Å². The van der Waals surface area contributed by atoms with Crippen LogP contribution in [-0.2, 0) is 6.54 Å². The van der Waals surface area contributed by atoms with Crippen LogP contribution in [-0.4, -0.2) is 22.0 Å². The van der Waals surface area contributed by atoms with Gasteiger partial charge in [0, 0.05) is 25.1 Å². The third kappa shape index (κ3) is 3.41. The van der Waals surface area contributed by atoms with Gasteiger partial charge in [-0.3, -0.25) is 14.2 Å². The molecule has 6 nitrogen and oxygen atoms in total. The highest BCUT2D eigenvalue weighted by Gasteiger charge is 2.25. The number of nitrogens with zero attached hydrogens (tertiary/aromatic N) is 2. The molecule has 0 aliphatic heterocycles. The number of rotatable bonds is 5. The predicted octanol–water partition coefficient (Wildman–Crippen LogP) is 1.91. The highest BCUT2D eigenvalue weighted by Crippen LogP contribution is 2.38. The van der Waals surface area contributed by atoms with Crippen LogP contribution >= 0.6 is 15.9 Å². The molecule has 0 bridgehead atoms. The van der Waals surface area contributed by atoms with E-state index in [1.165, 1.54) is 4.57 Å². The maximum Gasteiger partial charge on any atom is 0.287 e. The summed E-state index contributed by atoms with van der Waals surface area (Å²) in [5, 5.41) is 2.70. The van der Waals surface area contributed by atoms with E-state index in [-0.39, 0.29) is 17.2 Å². The molecule has 1 N–H and O–H groups in total. The molecule has 0 spiro atoms. The van der Waals surface area contributed by atoms with Crippen LogP contribution in [0.5, 0.6) is 0 Å². The summed E-state index contributed by atoms with van der Waals surface area (Å²) in [5.41, 5.74) is 0.794. The van der Waals surface area contributed by atoms with Gasteiger partial charge in [0.05, 0.1) is 12.0 Å². The Labute approximate surface area is 129 Å². The summed E-state index contributed by atoms with van der Waals surface area (Å²) in [5.74, 6) is 0.386. The van der Waals surface area contributed by atoms with E-state index in [4.69, 9.17) is 4.42 Å². The van der Waals surface area contributed by atoms with Crippen molar-refractivity contribution in [3.05, 3.63) is 51.0 Å². The van der Waals surface area contributed by atoms with Gasteiger partial charge in [0.25, 0.3) is 11.5 Å². The summed E-state index contributed by atoms with van der Waals surface area (Å²) >= 11 is 3.14. The first-order chi connectivity index (χ1) is 10.1. The monoisotopic (exact) mass is 351 g/mol. The largest absolute Gasteiger partial charge is 0.444 e. The van der Waals surface area contributed by atoms with Crippen LogP contribution in [0, 0.1) is 0 Å². The highest BCUT2D eigenvalue weighted by molar-refractivity contribution is 9.10. The minimum Gasteiger partial charge on any atom is -0.444 e. The van der Waals surface area contributed by atoms with E-state index >= 15 is 0 Å². The van der Waals surface area contributed by atoms with Gasteiger partial charge in [-0.1, -0.05) is 0 Å². The summed E-state index contributed by atoms with van der Waals surface area (Å²) in [7, 11) is 0. The topological polar surface area (TPSA) is 77.1 Å². The Balaban J connectivity index is 1.55. The number of halogens is 1. The van der Waals surface area contributed by atoms with E-state index in [1.807, 2.05) is 0 Å². The van der Waals surface area contributed by atoms with Gasteiger partial charge in [0.2, 0.25) is 0 Å². The van der Waals surface area contributed by atoms with Gasteiger partial charge in [-0.05, 0) is 40.9 Å². The molecule has 0 atom stereocenters. The van der Waals surface area contributed by atoms with E-state index in [0.29, 0.717) is 23.7 Å². The van der Waals surface area contributed by atoms with E-state index in [2.05, 4.69) is 26.2 Å². The summed E-state index contributed by atoms with van der Waals surface area (Å²) < 4.78 is 7.14. The van der Waals surface area contributed by atoms with E-state index < -0.39 is 0 Å². The third-order valence-corrected chi connectivity index (χ3v) is 3.76. The Morgan fingerprint density at radius 1 is 1.48 bits per heavy atom. The molecule has 0 radical (unpaired) electrons.